The third-order valence-electron chi connectivity index (χ3n) is 5.77. The molecule has 1 aromatic carbocycles. The topological polar surface area (TPSA) is 98.6 Å². The molecular formula is C25H29N3O5S. The van der Waals surface area contributed by atoms with E-state index in [2.05, 4.69) is 4.98 Å². The Bertz CT molecular complexity index is 1380. The van der Waals surface area contributed by atoms with Gasteiger partial charge in [-0.1, -0.05) is 31.5 Å². The molecule has 0 unspecified atom stereocenters. The highest BCUT2D eigenvalue weighted by Gasteiger charge is 2.40. The zero-order valence-corrected chi connectivity index (χ0v) is 21.0. The average molecular weight is 484 g/mol. The molecule has 0 fully saturated rings. The predicted molar refractivity (Wildman–Crippen MR) is 128 cm³/mol. The lowest BCUT2D eigenvalue weighted by Gasteiger charge is -2.36. The summed E-state index contributed by atoms with van der Waals surface area (Å²) in [4.78, 5) is 32.5. The van der Waals surface area contributed by atoms with Crippen LogP contribution in [0, 0.1) is 12.8 Å². The Labute approximate surface area is 199 Å². The molecule has 0 radical (unpaired) electrons. The molecule has 1 aliphatic heterocycles. The van der Waals surface area contributed by atoms with Crippen molar-refractivity contribution in [3.8, 4) is 0 Å². The molecular weight excluding hydrogens is 454 g/mol. The van der Waals surface area contributed by atoms with Gasteiger partial charge in [-0.3, -0.25) is 4.79 Å². The van der Waals surface area contributed by atoms with Crippen LogP contribution in [0.15, 0.2) is 47.6 Å². The smallest absolute Gasteiger partial charge is 0.329 e. The van der Waals surface area contributed by atoms with Gasteiger partial charge >= 0.3 is 5.97 Å². The second kappa shape index (κ2) is 8.23. The van der Waals surface area contributed by atoms with Crippen molar-refractivity contribution in [3.05, 3.63) is 59.4 Å². The lowest BCUT2D eigenvalue weighted by Crippen LogP contribution is -2.50. The van der Waals surface area contributed by atoms with E-state index in [0.717, 1.165) is 15.1 Å². The first kappa shape index (κ1) is 23.9. The summed E-state index contributed by atoms with van der Waals surface area (Å²) in [6.45, 7) is 11.1. The minimum absolute atomic E-state index is 0.103. The summed E-state index contributed by atoms with van der Waals surface area (Å²) in [5.41, 5.74) is 1.35. The minimum atomic E-state index is -3.99. The van der Waals surface area contributed by atoms with Crippen LogP contribution in [0.1, 0.15) is 56.1 Å². The summed E-state index contributed by atoms with van der Waals surface area (Å²) in [5, 5.41) is 0.492. The van der Waals surface area contributed by atoms with Gasteiger partial charge in [-0.15, -0.1) is 0 Å². The molecule has 8 nitrogen and oxygen atoms in total. The summed E-state index contributed by atoms with van der Waals surface area (Å²) in [5.74, 6) is -1.12. The van der Waals surface area contributed by atoms with Gasteiger partial charge in [0.1, 0.15) is 11.6 Å². The normalized spacial score (nSPS) is 15.1. The first-order chi connectivity index (χ1) is 15.8. The maximum Gasteiger partial charge on any atom is 0.329 e. The SMILES string of the molecule is Cc1ccc(S(=O)(=O)n2cc3c4c(ccnc42)CN([C@@H](C(=O)OC(C)(C)C)C(C)C)C3=O)cc1. The fraction of sp³-hybridized carbons (Fsp3) is 0.400. The van der Waals surface area contributed by atoms with Crippen LogP contribution in [0.4, 0.5) is 0 Å². The maximum absolute atomic E-state index is 13.6. The van der Waals surface area contributed by atoms with Crippen molar-refractivity contribution < 1.29 is 22.7 Å². The number of hydrogen-bond donors (Lipinski definition) is 0. The number of pyridine rings is 1. The zero-order chi connectivity index (χ0) is 25.0. The van der Waals surface area contributed by atoms with Crippen molar-refractivity contribution in [2.75, 3.05) is 0 Å². The van der Waals surface area contributed by atoms with Gasteiger partial charge < -0.3 is 9.64 Å². The largest absolute Gasteiger partial charge is 0.458 e. The lowest BCUT2D eigenvalue weighted by atomic mass is 9.96. The summed E-state index contributed by atoms with van der Waals surface area (Å²) in [6, 6.07) is 7.44. The summed E-state index contributed by atoms with van der Waals surface area (Å²) < 4.78 is 33.5. The highest BCUT2D eigenvalue weighted by Crippen LogP contribution is 2.34. The van der Waals surface area contributed by atoms with Crippen LogP contribution in [0.25, 0.3) is 11.0 Å². The number of esters is 1. The van der Waals surface area contributed by atoms with E-state index in [4.69, 9.17) is 4.74 Å². The Morgan fingerprint density at radius 2 is 1.76 bits per heavy atom. The van der Waals surface area contributed by atoms with Gasteiger partial charge in [-0.2, -0.15) is 0 Å². The second-order valence-electron chi connectivity index (χ2n) is 9.98. The van der Waals surface area contributed by atoms with Gasteiger partial charge in [0.15, 0.2) is 5.65 Å². The van der Waals surface area contributed by atoms with E-state index < -0.39 is 33.5 Å². The molecule has 9 heteroatoms. The van der Waals surface area contributed by atoms with Crippen molar-refractivity contribution in [2.24, 2.45) is 5.92 Å². The van der Waals surface area contributed by atoms with Crippen LogP contribution in [0.5, 0.6) is 0 Å². The van der Waals surface area contributed by atoms with Crippen LogP contribution >= 0.6 is 0 Å². The average Bonchev–Trinajstić information content (AvgIpc) is 3.12. The quantitative estimate of drug-likeness (QED) is 0.511. The van der Waals surface area contributed by atoms with E-state index in [-0.39, 0.29) is 28.6 Å². The molecule has 3 heterocycles. The molecule has 2 aromatic heterocycles. The van der Waals surface area contributed by atoms with Crippen LogP contribution in [-0.2, 0) is 26.1 Å². The van der Waals surface area contributed by atoms with E-state index >= 15 is 0 Å². The molecule has 0 bridgehead atoms. The molecule has 0 aliphatic carbocycles. The number of rotatable bonds is 5. The fourth-order valence-electron chi connectivity index (χ4n) is 4.25. The first-order valence-electron chi connectivity index (χ1n) is 11.2. The van der Waals surface area contributed by atoms with Gasteiger partial charge in [0.2, 0.25) is 0 Å². The van der Waals surface area contributed by atoms with E-state index in [1.54, 1.807) is 39.0 Å². The monoisotopic (exact) mass is 483 g/mol. The van der Waals surface area contributed by atoms with Crippen molar-refractivity contribution in [1.29, 1.82) is 0 Å². The number of aromatic nitrogens is 2. The Balaban J connectivity index is 1.82. The number of ether oxygens (including phenoxy) is 1. The summed E-state index contributed by atoms with van der Waals surface area (Å²) in [6.07, 6.45) is 2.84. The molecule has 1 amide bonds. The number of benzene rings is 1. The molecule has 0 saturated heterocycles. The molecule has 4 rings (SSSR count). The van der Waals surface area contributed by atoms with E-state index in [1.807, 2.05) is 20.8 Å². The fourth-order valence-corrected chi connectivity index (χ4v) is 5.57. The number of carbonyl (C=O) groups is 2. The molecule has 0 N–H and O–H groups in total. The first-order valence-corrected chi connectivity index (χ1v) is 12.6. The van der Waals surface area contributed by atoms with Gasteiger partial charge in [0.05, 0.1) is 10.5 Å². The third-order valence-corrected chi connectivity index (χ3v) is 7.43. The highest BCUT2D eigenvalue weighted by molar-refractivity contribution is 7.90. The number of nitrogens with zero attached hydrogens (tertiary/aromatic N) is 3. The van der Waals surface area contributed by atoms with Gasteiger partial charge in [-0.25, -0.2) is 22.2 Å². The van der Waals surface area contributed by atoms with Crippen molar-refractivity contribution in [3.63, 3.8) is 0 Å². The number of amides is 1. The Hall–Kier alpha value is -3.20. The minimum Gasteiger partial charge on any atom is -0.458 e. The number of aryl methyl sites for hydroxylation is 1. The Morgan fingerprint density at radius 1 is 1.12 bits per heavy atom. The molecule has 0 saturated carbocycles. The van der Waals surface area contributed by atoms with Crippen LogP contribution < -0.4 is 0 Å². The number of hydrogen-bond acceptors (Lipinski definition) is 6. The molecule has 34 heavy (non-hydrogen) atoms. The van der Waals surface area contributed by atoms with Crippen molar-refractivity contribution >= 4 is 32.9 Å². The molecule has 0 spiro atoms. The standard InChI is InChI=1S/C25H29N3O5S/c1-15(2)21(24(30)33-25(4,5)6)27-13-17-11-12-26-22-20(17)19(23(27)29)14-28(22)34(31,32)18-9-7-16(3)8-10-18/h7-12,14-15,21H,13H2,1-6H3/t21-/m1/s1. The summed E-state index contributed by atoms with van der Waals surface area (Å²) >= 11 is 0. The van der Waals surface area contributed by atoms with Crippen molar-refractivity contribution in [2.45, 2.75) is 64.6 Å². The lowest BCUT2D eigenvalue weighted by molar-refractivity contribution is -0.162. The predicted octanol–water partition coefficient (Wildman–Crippen LogP) is 3.90. The molecule has 1 aliphatic rings. The molecule has 1 atom stereocenters. The maximum atomic E-state index is 13.6. The third kappa shape index (κ3) is 4.09. The van der Waals surface area contributed by atoms with Crippen LogP contribution in [0.2, 0.25) is 0 Å². The Morgan fingerprint density at radius 3 is 2.35 bits per heavy atom. The zero-order valence-electron chi connectivity index (χ0n) is 20.2. The van der Waals surface area contributed by atoms with E-state index in [0.29, 0.717) is 5.39 Å². The second-order valence-corrected chi connectivity index (χ2v) is 11.8. The van der Waals surface area contributed by atoms with Crippen molar-refractivity contribution in [1.82, 2.24) is 13.9 Å². The molecule has 180 valence electrons. The Kier molecular flexibility index (Phi) is 5.80. The number of carbonyl (C=O) groups excluding carboxylic acids is 2. The van der Waals surface area contributed by atoms with Gasteiger partial charge in [0, 0.05) is 24.3 Å². The van der Waals surface area contributed by atoms with Gasteiger partial charge in [-0.05, 0) is 57.4 Å². The summed E-state index contributed by atoms with van der Waals surface area (Å²) in [7, 11) is -3.99. The van der Waals surface area contributed by atoms with E-state index in [9.17, 15) is 18.0 Å². The van der Waals surface area contributed by atoms with Crippen LogP contribution in [-0.4, -0.2) is 45.8 Å². The van der Waals surface area contributed by atoms with E-state index in [1.165, 1.54) is 29.4 Å². The van der Waals surface area contributed by atoms with Crippen LogP contribution in [0.3, 0.4) is 0 Å². The highest BCUT2D eigenvalue weighted by atomic mass is 32.2. The van der Waals surface area contributed by atoms with Gasteiger partial charge in [0.25, 0.3) is 15.9 Å². The molecule has 3 aromatic rings.